The van der Waals surface area contributed by atoms with Crippen molar-refractivity contribution in [2.24, 2.45) is 4.99 Å². The predicted octanol–water partition coefficient (Wildman–Crippen LogP) is 4.38. The van der Waals surface area contributed by atoms with E-state index >= 15 is 0 Å². The van der Waals surface area contributed by atoms with Crippen LogP contribution in [0.2, 0.25) is 0 Å². The number of hydrogen-bond donors (Lipinski definition) is 1. The largest absolute Gasteiger partial charge is 0.392 e. The lowest BCUT2D eigenvalue weighted by molar-refractivity contribution is -0.135. The van der Waals surface area contributed by atoms with Gasteiger partial charge in [0.05, 0.1) is 12.5 Å². The number of carbonyl (C=O) groups is 1. The summed E-state index contributed by atoms with van der Waals surface area (Å²) in [6, 6.07) is 10.9. The molecule has 0 radical (unpaired) electrons. The van der Waals surface area contributed by atoms with Gasteiger partial charge in [0.15, 0.2) is 0 Å². The molecule has 0 spiro atoms. The van der Waals surface area contributed by atoms with Crippen LogP contribution in [0.5, 0.6) is 0 Å². The molecule has 2 aliphatic rings. The van der Waals surface area contributed by atoms with Gasteiger partial charge in [-0.1, -0.05) is 68.9 Å². The van der Waals surface area contributed by atoms with Crippen LogP contribution in [0.1, 0.15) is 69.8 Å². The van der Waals surface area contributed by atoms with Crippen molar-refractivity contribution in [3.63, 3.8) is 0 Å². The van der Waals surface area contributed by atoms with Crippen molar-refractivity contribution in [2.75, 3.05) is 0 Å². The maximum Gasteiger partial charge on any atom is 0.318 e. The first-order valence-corrected chi connectivity index (χ1v) is 9.88. The van der Waals surface area contributed by atoms with Crippen LogP contribution in [0.4, 0.5) is 0 Å². The fourth-order valence-electron chi connectivity index (χ4n) is 3.80. The molecule has 0 aliphatic heterocycles. The predicted molar refractivity (Wildman–Crippen MR) is 101 cm³/mol. The molecular formula is C21H30N2O2. The van der Waals surface area contributed by atoms with Crippen molar-refractivity contribution in [3.8, 4) is 0 Å². The van der Waals surface area contributed by atoms with Gasteiger partial charge in [-0.05, 0) is 31.2 Å². The van der Waals surface area contributed by atoms with Gasteiger partial charge in [-0.3, -0.25) is 4.79 Å². The molecule has 0 saturated heterocycles. The van der Waals surface area contributed by atoms with Crippen molar-refractivity contribution in [1.82, 2.24) is 5.32 Å². The Hall–Kier alpha value is -1.84. The first-order chi connectivity index (χ1) is 12.3. The fraction of sp³-hybridized carbons (Fsp3) is 0.619. The van der Waals surface area contributed by atoms with Gasteiger partial charge in [0.25, 0.3) is 6.02 Å². The second-order valence-electron chi connectivity index (χ2n) is 7.34. The summed E-state index contributed by atoms with van der Waals surface area (Å²) in [5.41, 5.74) is 0.974. The van der Waals surface area contributed by atoms with Gasteiger partial charge < -0.3 is 10.1 Å². The van der Waals surface area contributed by atoms with Crippen molar-refractivity contribution >= 4 is 12.0 Å². The van der Waals surface area contributed by atoms with Crippen molar-refractivity contribution < 1.29 is 9.53 Å². The fourth-order valence-corrected chi connectivity index (χ4v) is 3.80. The summed E-state index contributed by atoms with van der Waals surface area (Å²) in [5.74, 6) is -0.232. The zero-order valence-corrected chi connectivity index (χ0v) is 15.1. The van der Waals surface area contributed by atoms with Crippen LogP contribution in [0.15, 0.2) is 35.3 Å². The zero-order chi connectivity index (χ0) is 17.3. The molecule has 1 aromatic rings. The number of ether oxygens (including phenoxy) is 1. The highest BCUT2D eigenvalue weighted by Crippen LogP contribution is 2.21. The number of nitrogens with one attached hydrogen (secondary N) is 1. The molecule has 25 heavy (non-hydrogen) atoms. The van der Waals surface area contributed by atoms with E-state index in [4.69, 9.17) is 9.73 Å². The maximum atomic E-state index is 12.4. The topological polar surface area (TPSA) is 50.7 Å². The van der Waals surface area contributed by atoms with Crippen molar-refractivity contribution in [1.29, 1.82) is 0 Å². The summed E-state index contributed by atoms with van der Waals surface area (Å²) in [6.07, 6.45) is 12.3. The van der Waals surface area contributed by atoms with Crippen LogP contribution in [0.3, 0.4) is 0 Å². The van der Waals surface area contributed by atoms with E-state index in [0.717, 1.165) is 31.2 Å². The molecule has 0 amide bonds. The number of rotatable bonds is 4. The Kier molecular flexibility index (Phi) is 6.89. The Morgan fingerprint density at radius 3 is 2.28 bits per heavy atom. The molecule has 0 heterocycles. The summed E-state index contributed by atoms with van der Waals surface area (Å²) in [6.45, 7) is 0. The summed E-state index contributed by atoms with van der Waals surface area (Å²) in [5, 5.41) is 3.43. The number of benzene rings is 1. The SMILES string of the molecule is O=C(Cc1ccccc1)OC(=NC1CCCCC1)NC1CCCCC1. The second kappa shape index (κ2) is 9.59. The number of nitrogens with zero attached hydrogens (tertiary/aromatic N) is 1. The molecule has 2 saturated carbocycles. The highest BCUT2D eigenvalue weighted by Gasteiger charge is 2.20. The summed E-state index contributed by atoms with van der Waals surface area (Å²) >= 11 is 0. The van der Waals surface area contributed by atoms with Crippen LogP contribution in [0, 0.1) is 0 Å². The third-order valence-electron chi connectivity index (χ3n) is 5.21. The average Bonchev–Trinajstić information content (AvgIpc) is 2.64. The molecule has 3 rings (SSSR count). The summed E-state index contributed by atoms with van der Waals surface area (Å²) < 4.78 is 5.66. The molecule has 2 aliphatic carbocycles. The molecule has 4 nitrogen and oxygen atoms in total. The minimum absolute atomic E-state index is 0.232. The molecular weight excluding hydrogens is 312 g/mol. The number of amidine groups is 1. The molecule has 4 heteroatoms. The number of hydrogen-bond acceptors (Lipinski definition) is 3. The van der Waals surface area contributed by atoms with E-state index in [1.165, 1.54) is 38.5 Å². The van der Waals surface area contributed by atoms with Gasteiger partial charge in [-0.2, -0.15) is 0 Å². The van der Waals surface area contributed by atoms with Gasteiger partial charge in [-0.15, -0.1) is 0 Å². The van der Waals surface area contributed by atoms with E-state index in [9.17, 15) is 4.79 Å². The van der Waals surface area contributed by atoms with Crippen molar-refractivity contribution in [2.45, 2.75) is 82.7 Å². The smallest absolute Gasteiger partial charge is 0.318 e. The van der Waals surface area contributed by atoms with E-state index in [0.29, 0.717) is 18.1 Å². The van der Waals surface area contributed by atoms with E-state index in [1.807, 2.05) is 30.3 Å². The normalized spacial score (nSPS) is 20.2. The highest BCUT2D eigenvalue weighted by atomic mass is 16.6. The Morgan fingerprint density at radius 1 is 0.960 bits per heavy atom. The zero-order valence-electron chi connectivity index (χ0n) is 15.1. The Bertz CT molecular complexity index is 559. The summed E-state index contributed by atoms with van der Waals surface area (Å²) in [7, 11) is 0. The van der Waals surface area contributed by atoms with Gasteiger partial charge in [0, 0.05) is 6.04 Å². The number of carbonyl (C=O) groups excluding carboxylic acids is 1. The first kappa shape index (κ1) is 18.0. The van der Waals surface area contributed by atoms with Crippen LogP contribution in [0.25, 0.3) is 0 Å². The van der Waals surface area contributed by atoms with Crippen LogP contribution in [-0.4, -0.2) is 24.1 Å². The monoisotopic (exact) mass is 342 g/mol. The van der Waals surface area contributed by atoms with Crippen LogP contribution in [-0.2, 0) is 16.0 Å². The van der Waals surface area contributed by atoms with Gasteiger partial charge >= 0.3 is 5.97 Å². The molecule has 136 valence electrons. The van der Waals surface area contributed by atoms with Crippen LogP contribution >= 0.6 is 0 Å². The molecule has 0 atom stereocenters. The third kappa shape index (κ3) is 6.18. The Labute approximate surface area is 151 Å². The second-order valence-corrected chi connectivity index (χ2v) is 7.34. The van der Waals surface area contributed by atoms with E-state index < -0.39 is 0 Å². The Morgan fingerprint density at radius 2 is 1.60 bits per heavy atom. The number of aliphatic imine (C=N–C) groups is 1. The minimum atomic E-state index is -0.232. The van der Waals surface area contributed by atoms with E-state index in [1.54, 1.807) is 0 Å². The average molecular weight is 342 g/mol. The van der Waals surface area contributed by atoms with Gasteiger partial charge in [0.2, 0.25) is 0 Å². The lowest BCUT2D eigenvalue weighted by atomic mass is 9.95. The Balaban J connectivity index is 1.61. The van der Waals surface area contributed by atoms with Gasteiger partial charge in [0.1, 0.15) is 0 Å². The minimum Gasteiger partial charge on any atom is -0.392 e. The first-order valence-electron chi connectivity index (χ1n) is 9.88. The lowest BCUT2D eigenvalue weighted by Crippen LogP contribution is -2.39. The molecule has 0 unspecified atom stereocenters. The summed E-state index contributed by atoms with van der Waals surface area (Å²) in [4.78, 5) is 17.1. The molecule has 0 bridgehead atoms. The standard InChI is InChI=1S/C21H30N2O2/c24-20(16-17-10-4-1-5-11-17)25-21(22-18-12-6-2-7-13-18)23-19-14-8-3-9-15-19/h1,4-5,10-11,18-19H,2-3,6-9,12-16H2,(H,22,23). The molecule has 2 fully saturated rings. The lowest BCUT2D eigenvalue weighted by Gasteiger charge is -2.25. The van der Waals surface area contributed by atoms with E-state index in [2.05, 4.69) is 5.32 Å². The number of esters is 1. The molecule has 0 aromatic heterocycles. The molecule has 1 N–H and O–H groups in total. The third-order valence-corrected chi connectivity index (χ3v) is 5.21. The van der Waals surface area contributed by atoms with Crippen molar-refractivity contribution in [3.05, 3.63) is 35.9 Å². The maximum absolute atomic E-state index is 12.4. The van der Waals surface area contributed by atoms with Gasteiger partial charge in [-0.25, -0.2) is 4.99 Å². The van der Waals surface area contributed by atoms with Crippen LogP contribution < -0.4 is 5.32 Å². The highest BCUT2D eigenvalue weighted by molar-refractivity contribution is 5.88. The molecule has 1 aromatic carbocycles. The quantitative estimate of drug-likeness (QED) is 0.502. The van der Waals surface area contributed by atoms with E-state index in [-0.39, 0.29) is 12.4 Å².